The van der Waals surface area contributed by atoms with Crippen LogP contribution < -0.4 is 5.32 Å². The van der Waals surface area contributed by atoms with Crippen LogP contribution in [0.5, 0.6) is 0 Å². The Labute approximate surface area is 133 Å². The number of rotatable bonds is 4. The number of hydrogen-bond donors (Lipinski definition) is 2. The number of carbonyl (C=O) groups excluding carboxylic acids is 1. The van der Waals surface area contributed by atoms with Crippen LogP contribution in [0, 0.1) is 0 Å². The molecular formula is C14H18Cl2N2O3. The van der Waals surface area contributed by atoms with Gasteiger partial charge in [0.2, 0.25) is 0 Å². The summed E-state index contributed by atoms with van der Waals surface area (Å²) in [5.74, 6) is 0. The molecule has 1 fully saturated rings. The summed E-state index contributed by atoms with van der Waals surface area (Å²) in [7, 11) is 0. The molecule has 1 heterocycles. The molecule has 1 aliphatic rings. The highest BCUT2D eigenvalue weighted by molar-refractivity contribution is 6.35. The van der Waals surface area contributed by atoms with Crippen LogP contribution in [0.4, 0.5) is 10.5 Å². The molecule has 7 heteroatoms. The Balaban J connectivity index is 1.86. The molecule has 1 aromatic carbocycles. The normalized spacial score (nSPS) is 16.0. The van der Waals surface area contributed by atoms with Crippen LogP contribution in [0.2, 0.25) is 10.0 Å². The second-order valence-corrected chi connectivity index (χ2v) is 5.68. The van der Waals surface area contributed by atoms with Gasteiger partial charge >= 0.3 is 6.03 Å². The van der Waals surface area contributed by atoms with Crippen LogP contribution >= 0.6 is 23.2 Å². The lowest BCUT2D eigenvalue weighted by Crippen LogP contribution is -2.43. The second-order valence-electron chi connectivity index (χ2n) is 4.84. The minimum atomic E-state index is -0.195. The quantitative estimate of drug-likeness (QED) is 0.890. The Morgan fingerprint density at radius 1 is 1.38 bits per heavy atom. The molecule has 2 N–H and O–H groups in total. The first-order chi connectivity index (χ1) is 10.1. The van der Waals surface area contributed by atoms with E-state index in [1.807, 2.05) is 0 Å². The molecule has 0 saturated carbocycles. The lowest BCUT2D eigenvalue weighted by Gasteiger charge is -2.32. The number of benzene rings is 1. The molecule has 0 atom stereocenters. The molecule has 2 rings (SSSR count). The monoisotopic (exact) mass is 332 g/mol. The summed E-state index contributed by atoms with van der Waals surface area (Å²) in [5.41, 5.74) is 0.507. The smallest absolute Gasteiger partial charge is 0.321 e. The number of piperidine rings is 1. The third-order valence-corrected chi connectivity index (χ3v) is 3.91. The van der Waals surface area contributed by atoms with E-state index in [2.05, 4.69) is 5.32 Å². The number of nitrogens with zero attached hydrogens (tertiary/aromatic N) is 1. The van der Waals surface area contributed by atoms with E-state index in [1.165, 1.54) is 0 Å². The van der Waals surface area contributed by atoms with Gasteiger partial charge in [-0.15, -0.1) is 0 Å². The van der Waals surface area contributed by atoms with Crippen LogP contribution in [0.1, 0.15) is 12.8 Å². The van der Waals surface area contributed by atoms with Gasteiger partial charge in [-0.3, -0.25) is 0 Å². The van der Waals surface area contributed by atoms with Crippen molar-refractivity contribution in [3.63, 3.8) is 0 Å². The fourth-order valence-electron chi connectivity index (χ4n) is 2.23. The largest absolute Gasteiger partial charge is 0.394 e. The SMILES string of the molecule is O=C(Nc1cc(Cl)ccc1Cl)N1CCC(OCCO)CC1. The fourth-order valence-corrected chi connectivity index (χ4v) is 2.57. The molecule has 0 unspecified atom stereocenters. The van der Waals surface area contributed by atoms with E-state index in [0.29, 0.717) is 35.4 Å². The summed E-state index contributed by atoms with van der Waals surface area (Å²) >= 11 is 11.9. The number of nitrogens with one attached hydrogen (secondary N) is 1. The van der Waals surface area contributed by atoms with Crippen LogP contribution in [-0.4, -0.2) is 48.4 Å². The van der Waals surface area contributed by atoms with E-state index >= 15 is 0 Å². The van der Waals surface area contributed by atoms with Crippen molar-refractivity contribution in [3.05, 3.63) is 28.2 Å². The summed E-state index contributed by atoms with van der Waals surface area (Å²) in [6.07, 6.45) is 1.63. The number of ether oxygens (including phenoxy) is 1. The minimum absolute atomic E-state index is 0.0218. The maximum atomic E-state index is 12.2. The van der Waals surface area contributed by atoms with Gasteiger partial charge in [-0.2, -0.15) is 0 Å². The number of amides is 2. The topological polar surface area (TPSA) is 61.8 Å². The van der Waals surface area contributed by atoms with Gasteiger partial charge in [0.05, 0.1) is 30.0 Å². The standard InChI is InChI=1S/C14H18Cl2N2O3/c15-10-1-2-12(16)13(9-10)17-14(20)18-5-3-11(4-6-18)21-8-7-19/h1-2,9,11,19H,3-8H2,(H,17,20). The van der Waals surface area contributed by atoms with E-state index in [4.69, 9.17) is 33.0 Å². The zero-order chi connectivity index (χ0) is 15.2. The first-order valence-corrected chi connectivity index (χ1v) is 7.59. The van der Waals surface area contributed by atoms with Crippen molar-refractivity contribution in [2.45, 2.75) is 18.9 Å². The summed E-state index contributed by atoms with van der Waals surface area (Å²) in [5, 5.41) is 12.5. The maximum Gasteiger partial charge on any atom is 0.321 e. The molecule has 0 aromatic heterocycles. The summed E-state index contributed by atoms with van der Waals surface area (Å²) in [6.45, 7) is 1.59. The van der Waals surface area contributed by atoms with E-state index in [1.54, 1.807) is 23.1 Å². The Morgan fingerprint density at radius 3 is 2.76 bits per heavy atom. The Bertz CT molecular complexity index is 491. The van der Waals surface area contributed by atoms with Crippen molar-refractivity contribution in [2.75, 3.05) is 31.6 Å². The highest BCUT2D eigenvalue weighted by Gasteiger charge is 2.23. The van der Waals surface area contributed by atoms with Crippen LogP contribution in [0.25, 0.3) is 0 Å². The highest BCUT2D eigenvalue weighted by atomic mass is 35.5. The number of carbonyl (C=O) groups is 1. The number of halogens is 2. The van der Waals surface area contributed by atoms with Gasteiger partial charge in [-0.05, 0) is 31.0 Å². The van der Waals surface area contributed by atoms with E-state index in [-0.39, 0.29) is 18.7 Å². The number of anilines is 1. The van der Waals surface area contributed by atoms with Gasteiger partial charge in [0, 0.05) is 18.1 Å². The molecule has 5 nitrogen and oxygen atoms in total. The molecule has 21 heavy (non-hydrogen) atoms. The van der Waals surface area contributed by atoms with Crippen molar-refractivity contribution in [1.82, 2.24) is 4.90 Å². The molecule has 0 bridgehead atoms. The number of aliphatic hydroxyl groups is 1. The minimum Gasteiger partial charge on any atom is -0.394 e. The lowest BCUT2D eigenvalue weighted by molar-refractivity contribution is -0.000875. The number of urea groups is 1. The molecule has 116 valence electrons. The molecule has 0 spiro atoms. The lowest BCUT2D eigenvalue weighted by atomic mass is 10.1. The average Bonchev–Trinajstić information content (AvgIpc) is 2.49. The average molecular weight is 333 g/mol. The molecule has 1 aliphatic heterocycles. The number of likely N-dealkylation sites (tertiary alicyclic amines) is 1. The van der Waals surface area contributed by atoms with Crippen molar-refractivity contribution in [2.24, 2.45) is 0 Å². The first kappa shape index (κ1) is 16.4. The van der Waals surface area contributed by atoms with Gasteiger partial charge < -0.3 is 20.1 Å². The zero-order valence-electron chi connectivity index (χ0n) is 11.5. The van der Waals surface area contributed by atoms with Gasteiger partial charge in [0.15, 0.2) is 0 Å². The second kappa shape index (κ2) is 7.84. The number of aliphatic hydroxyl groups excluding tert-OH is 1. The Morgan fingerprint density at radius 2 is 2.10 bits per heavy atom. The fraction of sp³-hybridized carbons (Fsp3) is 0.500. The van der Waals surface area contributed by atoms with Gasteiger partial charge in [-0.25, -0.2) is 4.79 Å². The molecule has 1 saturated heterocycles. The number of hydrogen-bond acceptors (Lipinski definition) is 3. The predicted octanol–water partition coefficient (Wildman–Crippen LogP) is 3.00. The van der Waals surface area contributed by atoms with Crippen molar-refractivity contribution in [3.8, 4) is 0 Å². The molecule has 1 aromatic rings. The van der Waals surface area contributed by atoms with Crippen molar-refractivity contribution >= 4 is 34.9 Å². The van der Waals surface area contributed by atoms with Gasteiger partial charge in [-0.1, -0.05) is 23.2 Å². The third kappa shape index (κ3) is 4.74. The van der Waals surface area contributed by atoms with E-state index < -0.39 is 0 Å². The van der Waals surface area contributed by atoms with Gasteiger partial charge in [0.25, 0.3) is 0 Å². The first-order valence-electron chi connectivity index (χ1n) is 6.83. The molecule has 0 aliphatic carbocycles. The van der Waals surface area contributed by atoms with Crippen LogP contribution in [0.15, 0.2) is 18.2 Å². The maximum absolute atomic E-state index is 12.2. The highest BCUT2D eigenvalue weighted by Crippen LogP contribution is 2.26. The Kier molecular flexibility index (Phi) is 6.11. The summed E-state index contributed by atoms with van der Waals surface area (Å²) < 4.78 is 5.47. The third-order valence-electron chi connectivity index (χ3n) is 3.34. The van der Waals surface area contributed by atoms with E-state index in [9.17, 15) is 4.79 Å². The Hall–Kier alpha value is -1.01. The van der Waals surface area contributed by atoms with E-state index in [0.717, 1.165) is 12.8 Å². The van der Waals surface area contributed by atoms with Gasteiger partial charge in [0.1, 0.15) is 0 Å². The molecular weight excluding hydrogens is 315 g/mol. The predicted molar refractivity (Wildman–Crippen MR) is 83.1 cm³/mol. The van der Waals surface area contributed by atoms with Crippen LogP contribution in [0.3, 0.4) is 0 Å². The van der Waals surface area contributed by atoms with Crippen molar-refractivity contribution in [1.29, 1.82) is 0 Å². The molecule has 2 amide bonds. The summed E-state index contributed by atoms with van der Waals surface area (Å²) in [4.78, 5) is 13.9. The summed E-state index contributed by atoms with van der Waals surface area (Å²) in [6, 6.07) is 4.75. The molecule has 0 radical (unpaired) electrons. The van der Waals surface area contributed by atoms with Crippen molar-refractivity contribution < 1.29 is 14.6 Å². The zero-order valence-corrected chi connectivity index (χ0v) is 13.0. The van der Waals surface area contributed by atoms with Crippen LogP contribution in [-0.2, 0) is 4.74 Å².